The van der Waals surface area contributed by atoms with Crippen LogP contribution in [-0.2, 0) is 4.79 Å². The number of halogens is 2. The number of carbonyl (C=O) groups is 1. The molecule has 0 atom stereocenters. The molecule has 126 valence electrons. The summed E-state index contributed by atoms with van der Waals surface area (Å²) < 4.78 is 19.5. The van der Waals surface area contributed by atoms with E-state index in [1.165, 1.54) is 6.07 Å². The molecule has 2 nitrogen and oxygen atoms in total. The second-order valence-electron chi connectivity index (χ2n) is 6.50. The highest BCUT2D eigenvalue weighted by atomic mass is 35.5. The third-order valence-electron chi connectivity index (χ3n) is 4.68. The second kappa shape index (κ2) is 7.35. The minimum atomic E-state index is -0.444. The molecule has 0 N–H and O–H groups in total. The van der Waals surface area contributed by atoms with Crippen molar-refractivity contribution in [3.05, 3.63) is 53.3 Å². The van der Waals surface area contributed by atoms with Gasteiger partial charge in [0.2, 0.25) is 0 Å². The van der Waals surface area contributed by atoms with E-state index < -0.39 is 5.82 Å². The molecule has 0 bridgehead atoms. The molecule has 0 unspecified atom stereocenters. The maximum Gasteiger partial charge on any atom is 0.314 e. The van der Waals surface area contributed by atoms with Crippen molar-refractivity contribution in [2.45, 2.75) is 32.6 Å². The largest absolute Gasteiger partial charge is 0.426 e. The van der Waals surface area contributed by atoms with E-state index in [2.05, 4.69) is 6.92 Å². The Morgan fingerprint density at radius 2 is 1.75 bits per heavy atom. The van der Waals surface area contributed by atoms with E-state index in [1.54, 1.807) is 36.4 Å². The van der Waals surface area contributed by atoms with Gasteiger partial charge in [0, 0.05) is 5.56 Å². The van der Waals surface area contributed by atoms with Gasteiger partial charge in [0.25, 0.3) is 0 Å². The van der Waals surface area contributed by atoms with Gasteiger partial charge in [-0.15, -0.1) is 0 Å². The maximum atomic E-state index is 14.1. The first-order valence-corrected chi connectivity index (χ1v) is 8.68. The number of benzene rings is 2. The topological polar surface area (TPSA) is 26.3 Å². The minimum Gasteiger partial charge on any atom is -0.426 e. The van der Waals surface area contributed by atoms with Gasteiger partial charge in [-0.1, -0.05) is 42.8 Å². The zero-order valence-electron chi connectivity index (χ0n) is 13.6. The van der Waals surface area contributed by atoms with Crippen LogP contribution < -0.4 is 4.74 Å². The molecule has 1 saturated carbocycles. The van der Waals surface area contributed by atoms with Crippen molar-refractivity contribution in [1.82, 2.24) is 0 Å². The van der Waals surface area contributed by atoms with Crippen LogP contribution in [0.5, 0.6) is 5.75 Å². The van der Waals surface area contributed by atoms with Crippen LogP contribution in [0, 0.1) is 17.7 Å². The Balaban J connectivity index is 1.68. The normalized spacial score (nSPS) is 20.6. The number of esters is 1. The molecule has 3 rings (SSSR count). The van der Waals surface area contributed by atoms with Crippen LogP contribution in [0.15, 0.2) is 42.5 Å². The molecule has 4 heteroatoms. The molecule has 0 amide bonds. The molecule has 1 fully saturated rings. The van der Waals surface area contributed by atoms with E-state index in [0.717, 1.165) is 25.7 Å². The SMILES string of the molecule is CC1CCC(C(=O)Oc2ccc(-c3cccc(Cl)c3F)cc2)CC1. The summed E-state index contributed by atoms with van der Waals surface area (Å²) in [7, 11) is 0. The van der Waals surface area contributed by atoms with Crippen molar-refractivity contribution in [3.8, 4) is 16.9 Å². The van der Waals surface area contributed by atoms with Gasteiger partial charge in [0.1, 0.15) is 11.6 Å². The number of hydrogen-bond donors (Lipinski definition) is 0. The zero-order chi connectivity index (χ0) is 17.1. The van der Waals surface area contributed by atoms with Crippen LogP contribution in [0.3, 0.4) is 0 Å². The van der Waals surface area contributed by atoms with Gasteiger partial charge in [-0.3, -0.25) is 4.79 Å². The van der Waals surface area contributed by atoms with Crippen molar-refractivity contribution in [3.63, 3.8) is 0 Å². The Hall–Kier alpha value is -1.87. The van der Waals surface area contributed by atoms with Gasteiger partial charge in [-0.2, -0.15) is 0 Å². The summed E-state index contributed by atoms with van der Waals surface area (Å²) in [4.78, 5) is 12.2. The lowest BCUT2D eigenvalue weighted by Gasteiger charge is -2.24. The monoisotopic (exact) mass is 346 g/mol. The highest BCUT2D eigenvalue weighted by Gasteiger charge is 2.25. The fourth-order valence-electron chi connectivity index (χ4n) is 3.12. The Kier molecular flexibility index (Phi) is 5.20. The van der Waals surface area contributed by atoms with Crippen LogP contribution in [0.1, 0.15) is 32.6 Å². The van der Waals surface area contributed by atoms with Crippen LogP contribution in [0.25, 0.3) is 11.1 Å². The summed E-state index contributed by atoms with van der Waals surface area (Å²) in [5.41, 5.74) is 1.13. The van der Waals surface area contributed by atoms with E-state index in [1.807, 2.05) is 0 Å². The number of carbonyl (C=O) groups excluding carboxylic acids is 1. The molecular formula is C20H20ClFO2. The molecular weight excluding hydrogens is 327 g/mol. The molecule has 2 aromatic rings. The Labute approximate surface area is 146 Å². The van der Waals surface area contributed by atoms with Crippen molar-refractivity contribution >= 4 is 17.6 Å². The first-order valence-electron chi connectivity index (χ1n) is 8.30. The molecule has 24 heavy (non-hydrogen) atoms. The van der Waals surface area contributed by atoms with Crippen LogP contribution in [0.2, 0.25) is 5.02 Å². The summed E-state index contributed by atoms with van der Waals surface area (Å²) in [5, 5.41) is 0.0922. The van der Waals surface area contributed by atoms with Gasteiger partial charge < -0.3 is 4.74 Å². The van der Waals surface area contributed by atoms with E-state index in [9.17, 15) is 9.18 Å². The average Bonchev–Trinajstić information content (AvgIpc) is 2.59. The first kappa shape index (κ1) is 17.0. The highest BCUT2D eigenvalue weighted by molar-refractivity contribution is 6.31. The minimum absolute atomic E-state index is 0.00810. The van der Waals surface area contributed by atoms with Gasteiger partial charge in [0.05, 0.1) is 10.9 Å². The molecule has 1 aliphatic carbocycles. The van der Waals surface area contributed by atoms with E-state index in [4.69, 9.17) is 16.3 Å². The Morgan fingerprint density at radius 3 is 2.42 bits per heavy atom. The van der Waals surface area contributed by atoms with Crippen LogP contribution in [0.4, 0.5) is 4.39 Å². The maximum absolute atomic E-state index is 14.1. The molecule has 0 aliphatic heterocycles. The van der Waals surface area contributed by atoms with E-state index >= 15 is 0 Å². The predicted octanol–water partition coefficient (Wildman–Crippen LogP) is 5.88. The van der Waals surface area contributed by atoms with Crippen molar-refractivity contribution in [2.75, 3.05) is 0 Å². The molecule has 0 aromatic heterocycles. The van der Waals surface area contributed by atoms with Crippen molar-refractivity contribution in [2.24, 2.45) is 11.8 Å². The third-order valence-corrected chi connectivity index (χ3v) is 4.98. The van der Waals surface area contributed by atoms with Crippen LogP contribution >= 0.6 is 11.6 Å². The highest BCUT2D eigenvalue weighted by Crippen LogP contribution is 2.31. The summed E-state index contributed by atoms with van der Waals surface area (Å²) in [6.45, 7) is 2.22. The Morgan fingerprint density at radius 1 is 1.08 bits per heavy atom. The smallest absolute Gasteiger partial charge is 0.314 e. The predicted molar refractivity (Wildman–Crippen MR) is 93.6 cm³/mol. The van der Waals surface area contributed by atoms with Crippen LogP contribution in [-0.4, -0.2) is 5.97 Å². The lowest BCUT2D eigenvalue weighted by atomic mass is 9.83. The molecule has 1 aliphatic rings. The number of hydrogen-bond acceptors (Lipinski definition) is 2. The summed E-state index contributed by atoms with van der Waals surface area (Å²) >= 11 is 5.82. The first-order chi connectivity index (χ1) is 11.5. The van der Waals surface area contributed by atoms with E-state index in [0.29, 0.717) is 22.8 Å². The molecule has 0 radical (unpaired) electrons. The fraction of sp³-hybridized carbons (Fsp3) is 0.350. The van der Waals surface area contributed by atoms with Crippen molar-refractivity contribution < 1.29 is 13.9 Å². The Bertz CT molecular complexity index is 719. The summed E-state index contributed by atoms with van der Waals surface area (Å²) in [6.07, 6.45) is 3.94. The fourth-order valence-corrected chi connectivity index (χ4v) is 3.30. The molecule has 0 saturated heterocycles. The zero-order valence-corrected chi connectivity index (χ0v) is 14.4. The summed E-state index contributed by atoms with van der Waals surface area (Å²) in [6, 6.07) is 11.8. The quantitative estimate of drug-likeness (QED) is 0.512. The third kappa shape index (κ3) is 3.78. The molecule has 2 aromatic carbocycles. The lowest BCUT2D eigenvalue weighted by molar-refractivity contribution is -0.140. The van der Waals surface area contributed by atoms with E-state index in [-0.39, 0.29) is 16.9 Å². The standard InChI is InChI=1S/C20H20ClFO2/c1-13-5-7-15(8-6-13)20(23)24-16-11-9-14(10-12-16)17-3-2-4-18(21)19(17)22/h2-4,9-13,15H,5-8H2,1H3. The lowest BCUT2D eigenvalue weighted by Crippen LogP contribution is -2.24. The number of ether oxygens (including phenoxy) is 1. The van der Waals surface area contributed by atoms with Gasteiger partial charge in [0.15, 0.2) is 0 Å². The average molecular weight is 347 g/mol. The molecule has 0 heterocycles. The number of rotatable bonds is 3. The van der Waals surface area contributed by atoms with Gasteiger partial charge >= 0.3 is 5.97 Å². The van der Waals surface area contributed by atoms with Crippen molar-refractivity contribution in [1.29, 1.82) is 0 Å². The molecule has 0 spiro atoms. The summed E-state index contributed by atoms with van der Waals surface area (Å²) in [5.74, 6) is 0.570. The van der Waals surface area contributed by atoms with Gasteiger partial charge in [-0.05, 0) is 55.4 Å². The van der Waals surface area contributed by atoms with Gasteiger partial charge in [-0.25, -0.2) is 4.39 Å². The second-order valence-corrected chi connectivity index (χ2v) is 6.91.